The van der Waals surface area contributed by atoms with Crippen LogP contribution in [0.5, 0.6) is 5.75 Å². The Balaban J connectivity index is 1.94. The first kappa shape index (κ1) is 17.2. The fourth-order valence-corrected chi connectivity index (χ4v) is 2.58. The van der Waals surface area contributed by atoms with Gasteiger partial charge < -0.3 is 20.2 Å². The molecule has 0 saturated carbocycles. The second-order valence-corrected chi connectivity index (χ2v) is 5.63. The summed E-state index contributed by atoms with van der Waals surface area (Å²) in [6.45, 7) is 1.44. The van der Waals surface area contributed by atoms with Crippen LogP contribution in [0.15, 0.2) is 57.7 Å². The normalized spacial score (nSPS) is 10.5. The molecular formula is C19H16N2O5. The minimum Gasteiger partial charge on any atom is -0.488 e. The molecule has 0 bridgehead atoms. The monoisotopic (exact) mass is 352 g/mol. The molecule has 2 aromatic carbocycles. The number of fused-ring (bicyclic) bond motifs is 1. The summed E-state index contributed by atoms with van der Waals surface area (Å²) in [5.41, 5.74) is 6.48. The van der Waals surface area contributed by atoms with E-state index in [0.717, 1.165) is 0 Å². The maximum Gasteiger partial charge on any atom is 0.336 e. The zero-order valence-corrected chi connectivity index (χ0v) is 13.9. The van der Waals surface area contributed by atoms with E-state index < -0.39 is 11.5 Å². The lowest BCUT2D eigenvalue weighted by molar-refractivity contribution is -0.114. The molecule has 132 valence electrons. The van der Waals surface area contributed by atoms with Gasteiger partial charge in [0.05, 0.1) is 5.56 Å². The van der Waals surface area contributed by atoms with Gasteiger partial charge in [-0.3, -0.25) is 9.59 Å². The van der Waals surface area contributed by atoms with Crippen LogP contribution in [0.1, 0.15) is 22.8 Å². The zero-order chi connectivity index (χ0) is 18.7. The number of rotatable bonds is 5. The minimum atomic E-state index is -0.599. The Morgan fingerprint density at radius 1 is 1.15 bits per heavy atom. The van der Waals surface area contributed by atoms with E-state index in [1.165, 1.54) is 13.0 Å². The van der Waals surface area contributed by atoms with Crippen molar-refractivity contribution < 1.29 is 18.7 Å². The molecule has 0 spiro atoms. The predicted octanol–water partition coefficient (Wildman–Crippen LogP) is 2.43. The van der Waals surface area contributed by atoms with E-state index in [4.69, 9.17) is 14.9 Å². The minimum absolute atomic E-state index is 0.0475. The predicted molar refractivity (Wildman–Crippen MR) is 96.1 cm³/mol. The van der Waals surface area contributed by atoms with Crippen LogP contribution in [-0.2, 0) is 11.4 Å². The zero-order valence-electron chi connectivity index (χ0n) is 13.9. The number of carbonyl (C=O) groups is 2. The average Bonchev–Trinajstić information content (AvgIpc) is 2.58. The van der Waals surface area contributed by atoms with Crippen LogP contribution in [0.4, 0.5) is 5.69 Å². The molecule has 3 rings (SSSR count). The number of hydrogen-bond donors (Lipinski definition) is 2. The molecule has 0 aliphatic heterocycles. The molecule has 1 aromatic heterocycles. The number of carbonyl (C=O) groups excluding carboxylic acids is 2. The molecule has 0 atom stereocenters. The molecule has 2 amide bonds. The van der Waals surface area contributed by atoms with Crippen LogP contribution < -0.4 is 21.4 Å². The second kappa shape index (κ2) is 7.10. The van der Waals surface area contributed by atoms with Gasteiger partial charge in [0, 0.05) is 35.7 Å². The van der Waals surface area contributed by atoms with E-state index in [1.807, 2.05) is 0 Å². The number of nitrogens with one attached hydrogen (secondary N) is 1. The molecule has 26 heavy (non-hydrogen) atoms. The Labute approximate surface area is 148 Å². The van der Waals surface area contributed by atoms with Gasteiger partial charge in [0.25, 0.3) is 5.91 Å². The molecular weight excluding hydrogens is 336 g/mol. The van der Waals surface area contributed by atoms with Crippen LogP contribution in [0.25, 0.3) is 11.0 Å². The van der Waals surface area contributed by atoms with E-state index in [2.05, 4.69) is 5.32 Å². The van der Waals surface area contributed by atoms with Crippen molar-refractivity contribution in [3.63, 3.8) is 0 Å². The van der Waals surface area contributed by atoms with Crippen LogP contribution in [-0.4, -0.2) is 11.8 Å². The van der Waals surface area contributed by atoms with Crippen molar-refractivity contribution in [2.24, 2.45) is 5.73 Å². The number of ether oxygens (including phenoxy) is 1. The Bertz CT molecular complexity index is 1060. The van der Waals surface area contributed by atoms with Gasteiger partial charge in [0.2, 0.25) is 5.91 Å². The molecule has 0 aliphatic carbocycles. The van der Waals surface area contributed by atoms with Crippen LogP contribution >= 0.6 is 0 Å². The molecule has 0 radical (unpaired) electrons. The van der Waals surface area contributed by atoms with Gasteiger partial charge in [-0.2, -0.15) is 0 Å². The second-order valence-electron chi connectivity index (χ2n) is 5.63. The highest BCUT2D eigenvalue weighted by Crippen LogP contribution is 2.24. The lowest BCUT2D eigenvalue weighted by atomic mass is 10.1. The number of primary amides is 1. The summed E-state index contributed by atoms with van der Waals surface area (Å²) >= 11 is 0. The summed E-state index contributed by atoms with van der Waals surface area (Å²) in [5.74, 6) is -0.497. The molecule has 0 saturated heterocycles. The first-order valence-corrected chi connectivity index (χ1v) is 7.80. The molecule has 0 fully saturated rings. The van der Waals surface area contributed by atoms with Crippen LogP contribution in [0, 0.1) is 0 Å². The van der Waals surface area contributed by atoms with E-state index in [1.54, 1.807) is 42.5 Å². The van der Waals surface area contributed by atoms with Crippen molar-refractivity contribution in [2.75, 3.05) is 5.32 Å². The van der Waals surface area contributed by atoms with Gasteiger partial charge in [-0.05, 0) is 24.3 Å². The first-order valence-electron chi connectivity index (χ1n) is 7.80. The summed E-state index contributed by atoms with van der Waals surface area (Å²) in [5, 5.41) is 3.29. The lowest BCUT2D eigenvalue weighted by Crippen LogP contribution is -2.13. The molecule has 7 heteroatoms. The molecule has 0 unspecified atom stereocenters. The van der Waals surface area contributed by atoms with Gasteiger partial charge in [0.15, 0.2) is 0 Å². The summed E-state index contributed by atoms with van der Waals surface area (Å²) in [7, 11) is 0. The van der Waals surface area contributed by atoms with Gasteiger partial charge in [-0.15, -0.1) is 0 Å². The van der Waals surface area contributed by atoms with Crippen LogP contribution in [0.3, 0.4) is 0 Å². The van der Waals surface area contributed by atoms with E-state index in [-0.39, 0.29) is 18.1 Å². The smallest absolute Gasteiger partial charge is 0.336 e. The molecule has 7 nitrogen and oxygen atoms in total. The summed E-state index contributed by atoms with van der Waals surface area (Å²) in [4.78, 5) is 34.5. The highest BCUT2D eigenvalue weighted by molar-refractivity contribution is 5.95. The van der Waals surface area contributed by atoms with E-state index >= 15 is 0 Å². The van der Waals surface area contributed by atoms with Crippen molar-refractivity contribution in [1.82, 2.24) is 0 Å². The number of para-hydroxylation sites is 1. The number of nitrogens with two attached hydrogens (primary N) is 1. The Kier molecular flexibility index (Phi) is 4.70. The Morgan fingerprint density at radius 3 is 2.65 bits per heavy atom. The van der Waals surface area contributed by atoms with E-state index in [9.17, 15) is 14.4 Å². The number of anilines is 1. The highest BCUT2D eigenvalue weighted by atomic mass is 16.5. The topological polar surface area (TPSA) is 112 Å². The largest absolute Gasteiger partial charge is 0.488 e. The third kappa shape index (κ3) is 3.72. The molecule has 0 aliphatic rings. The third-order valence-corrected chi connectivity index (χ3v) is 3.69. The molecule has 3 N–H and O–H groups in total. The maximum absolute atomic E-state index is 11.8. The van der Waals surface area contributed by atoms with Gasteiger partial charge >= 0.3 is 5.63 Å². The van der Waals surface area contributed by atoms with Crippen molar-refractivity contribution in [3.8, 4) is 5.75 Å². The van der Waals surface area contributed by atoms with Crippen molar-refractivity contribution in [2.45, 2.75) is 13.5 Å². The first-order chi connectivity index (χ1) is 12.4. The lowest BCUT2D eigenvalue weighted by Gasteiger charge is -2.11. The number of hydrogen-bond acceptors (Lipinski definition) is 5. The van der Waals surface area contributed by atoms with Crippen LogP contribution in [0.2, 0.25) is 0 Å². The van der Waals surface area contributed by atoms with Crippen molar-refractivity contribution >= 4 is 28.5 Å². The summed E-state index contributed by atoms with van der Waals surface area (Å²) in [6, 6.07) is 12.9. The fourth-order valence-electron chi connectivity index (χ4n) is 2.58. The SMILES string of the molecule is CC(=O)Nc1ccc2c(COc3ccccc3C(N)=O)cc(=O)oc2c1. The number of benzene rings is 2. The Morgan fingerprint density at radius 2 is 1.92 bits per heavy atom. The maximum atomic E-state index is 11.8. The molecule has 1 heterocycles. The van der Waals surface area contributed by atoms with Gasteiger partial charge in [0.1, 0.15) is 17.9 Å². The highest BCUT2D eigenvalue weighted by Gasteiger charge is 2.11. The quantitative estimate of drug-likeness (QED) is 0.685. The summed E-state index contributed by atoms with van der Waals surface area (Å²) < 4.78 is 10.9. The fraction of sp³-hybridized carbons (Fsp3) is 0.105. The van der Waals surface area contributed by atoms with Crippen molar-refractivity contribution in [1.29, 1.82) is 0 Å². The summed E-state index contributed by atoms with van der Waals surface area (Å²) in [6.07, 6.45) is 0. The van der Waals surface area contributed by atoms with Gasteiger partial charge in [-0.1, -0.05) is 12.1 Å². The number of amides is 2. The molecule has 3 aromatic rings. The Hall–Kier alpha value is -3.61. The average molecular weight is 352 g/mol. The third-order valence-electron chi connectivity index (χ3n) is 3.69. The standard InChI is InChI=1S/C19H16N2O5/c1-11(22)21-13-6-7-14-12(8-18(23)26-17(14)9-13)10-25-16-5-3-2-4-15(16)19(20)24/h2-9H,10H2,1H3,(H2,20,24)(H,21,22). The van der Waals surface area contributed by atoms with E-state index in [0.29, 0.717) is 28.0 Å². The van der Waals surface area contributed by atoms with Crippen molar-refractivity contribution in [3.05, 3.63) is 70.1 Å². The van der Waals surface area contributed by atoms with Gasteiger partial charge in [-0.25, -0.2) is 4.79 Å².